The van der Waals surface area contributed by atoms with Crippen LogP contribution in [0.5, 0.6) is 0 Å². The van der Waals surface area contributed by atoms with E-state index in [4.69, 9.17) is 19.1 Å². The van der Waals surface area contributed by atoms with Crippen molar-refractivity contribution in [3.63, 3.8) is 0 Å². The van der Waals surface area contributed by atoms with Crippen LogP contribution >= 0.6 is 7.82 Å². The molecular weight excluding hydrogens is 791 g/mol. The van der Waals surface area contributed by atoms with Gasteiger partial charge in [0.1, 0.15) is 18.5 Å². The SMILES string of the molecule is CCCCC/C=C\C/C=C\C/C=C\C/C=C\CCCC(=O)OC[C@H](COP(=O)(O)OC[C@@H](O)CO)OC(=O)CCCCCC[C@H]1[C@@H](O)CC(=O)[C@@H]1/C=C/[C@@H](O)CCCCC. The van der Waals surface area contributed by atoms with Gasteiger partial charge < -0.3 is 34.8 Å². The van der Waals surface area contributed by atoms with Crippen LogP contribution < -0.4 is 0 Å². The first-order valence-electron chi connectivity index (χ1n) is 22.3. The summed E-state index contributed by atoms with van der Waals surface area (Å²) in [7, 11) is -4.70. The number of unbranched alkanes of at least 4 members (excludes halogenated alkanes) is 9. The van der Waals surface area contributed by atoms with Crippen molar-refractivity contribution >= 4 is 25.5 Å². The van der Waals surface area contributed by atoms with Gasteiger partial charge in [-0.1, -0.05) is 126 Å². The second-order valence-corrected chi connectivity index (χ2v) is 17.0. The van der Waals surface area contributed by atoms with Crippen molar-refractivity contribution in [2.45, 2.75) is 173 Å². The Balaban J connectivity index is 2.48. The van der Waals surface area contributed by atoms with E-state index >= 15 is 0 Å². The number of hydrogen-bond donors (Lipinski definition) is 5. The van der Waals surface area contributed by atoms with Gasteiger partial charge in [-0.05, 0) is 70.1 Å². The van der Waals surface area contributed by atoms with Crippen LogP contribution in [0.25, 0.3) is 0 Å². The number of ether oxygens (including phenoxy) is 2. The minimum atomic E-state index is -4.70. The van der Waals surface area contributed by atoms with Gasteiger partial charge in [0.2, 0.25) is 0 Å². The average Bonchev–Trinajstić information content (AvgIpc) is 3.49. The predicted molar refractivity (Wildman–Crippen MR) is 234 cm³/mol. The maximum Gasteiger partial charge on any atom is 0.472 e. The molecule has 1 rings (SSSR count). The van der Waals surface area contributed by atoms with E-state index in [1.165, 1.54) is 19.3 Å². The number of carbonyl (C=O) groups is 3. The zero-order valence-corrected chi connectivity index (χ0v) is 37.3. The Hall–Kier alpha value is -2.74. The second-order valence-electron chi connectivity index (χ2n) is 15.5. The second kappa shape index (κ2) is 35.8. The van der Waals surface area contributed by atoms with Crippen molar-refractivity contribution in [1.29, 1.82) is 0 Å². The molecule has 0 saturated heterocycles. The molecule has 7 atom stereocenters. The van der Waals surface area contributed by atoms with Crippen molar-refractivity contribution in [2.24, 2.45) is 11.8 Å². The lowest BCUT2D eigenvalue weighted by molar-refractivity contribution is -0.161. The molecule has 1 unspecified atom stereocenters. The maximum absolute atomic E-state index is 12.7. The molecule has 0 aliphatic heterocycles. The molecule has 0 aromatic carbocycles. The van der Waals surface area contributed by atoms with Gasteiger partial charge in [0.15, 0.2) is 6.10 Å². The highest BCUT2D eigenvalue weighted by Gasteiger charge is 2.39. The number of rotatable bonds is 37. The molecule has 0 bridgehead atoms. The van der Waals surface area contributed by atoms with Crippen molar-refractivity contribution in [3.05, 3.63) is 60.8 Å². The lowest BCUT2D eigenvalue weighted by Gasteiger charge is -2.20. The molecule has 1 fully saturated rings. The van der Waals surface area contributed by atoms with Gasteiger partial charge in [-0.25, -0.2) is 4.57 Å². The highest BCUT2D eigenvalue weighted by atomic mass is 31.2. The van der Waals surface area contributed by atoms with Crippen molar-refractivity contribution in [2.75, 3.05) is 26.4 Å². The summed E-state index contributed by atoms with van der Waals surface area (Å²) < 4.78 is 32.7. The number of aliphatic hydroxyl groups is 4. The van der Waals surface area contributed by atoms with Gasteiger partial charge in [0.05, 0.1) is 32.0 Å². The Morgan fingerprint density at radius 2 is 1.33 bits per heavy atom. The molecule has 0 radical (unpaired) electrons. The van der Waals surface area contributed by atoms with E-state index in [2.05, 4.69) is 54.8 Å². The third kappa shape index (κ3) is 29.5. The molecule has 0 aromatic heterocycles. The van der Waals surface area contributed by atoms with Crippen LogP contribution in [0.15, 0.2) is 60.8 Å². The molecule has 0 aromatic rings. The van der Waals surface area contributed by atoms with E-state index in [0.717, 1.165) is 57.8 Å². The minimum Gasteiger partial charge on any atom is -0.462 e. The van der Waals surface area contributed by atoms with Gasteiger partial charge in [0, 0.05) is 25.2 Å². The molecule has 13 nitrogen and oxygen atoms in total. The average molecular weight is 869 g/mol. The van der Waals surface area contributed by atoms with Gasteiger partial charge in [-0.3, -0.25) is 23.4 Å². The van der Waals surface area contributed by atoms with Crippen LogP contribution in [0.4, 0.5) is 0 Å². The fourth-order valence-electron chi connectivity index (χ4n) is 6.54. The van der Waals surface area contributed by atoms with Crippen molar-refractivity contribution in [3.8, 4) is 0 Å². The van der Waals surface area contributed by atoms with Crippen molar-refractivity contribution < 1.29 is 62.8 Å². The van der Waals surface area contributed by atoms with Gasteiger partial charge >= 0.3 is 19.8 Å². The van der Waals surface area contributed by atoms with Crippen LogP contribution in [0.3, 0.4) is 0 Å². The Morgan fingerprint density at radius 3 is 1.98 bits per heavy atom. The van der Waals surface area contributed by atoms with E-state index in [0.29, 0.717) is 38.5 Å². The molecule has 1 aliphatic rings. The number of hydrogen-bond acceptors (Lipinski definition) is 12. The first-order chi connectivity index (χ1) is 28.9. The smallest absolute Gasteiger partial charge is 0.462 e. The molecule has 1 aliphatic carbocycles. The molecule has 0 spiro atoms. The summed E-state index contributed by atoms with van der Waals surface area (Å²) in [4.78, 5) is 47.7. The van der Waals surface area contributed by atoms with Crippen LogP contribution in [-0.2, 0) is 37.5 Å². The predicted octanol–water partition coefficient (Wildman–Crippen LogP) is 8.48. The zero-order valence-electron chi connectivity index (χ0n) is 36.4. The molecule has 60 heavy (non-hydrogen) atoms. The molecule has 344 valence electrons. The quantitative estimate of drug-likeness (QED) is 0.0172. The molecule has 5 N–H and O–H groups in total. The first-order valence-corrected chi connectivity index (χ1v) is 23.8. The Kier molecular flexibility index (Phi) is 33.0. The number of allylic oxidation sites excluding steroid dienone is 9. The van der Waals surface area contributed by atoms with Crippen molar-refractivity contribution in [1.82, 2.24) is 0 Å². The van der Waals surface area contributed by atoms with Crippen LogP contribution in [0, 0.1) is 11.8 Å². The zero-order chi connectivity index (χ0) is 44.3. The summed E-state index contributed by atoms with van der Waals surface area (Å²) >= 11 is 0. The summed E-state index contributed by atoms with van der Waals surface area (Å²) in [5, 5.41) is 39.1. The molecular formula is C46H77O13P. The monoisotopic (exact) mass is 869 g/mol. The number of phosphoric acid groups is 1. The minimum absolute atomic E-state index is 0.0224. The van der Waals surface area contributed by atoms with Gasteiger partial charge in [-0.2, -0.15) is 0 Å². The maximum atomic E-state index is 12.7. The number of ketones is 1. The summed E-state index contributed by atoms with van der Waals surface area (Å²) in [6.07, 6.45) is 32.4. The number of esters is 2. The van der Waals surface area contributed by atoms with Crippen LogP contribution in [0.1, 0.15) is 149 Å². The standard InChI is InChI=1S/C46H77O13P/c1-3-5-7-8-9-10-11-12-13-14-15-16-17-18-19-20-25-29-45(52)56-36-40(37-58-60(54,55)57-35-39(49)34-47)59-46(53)30-26-22-21-24-28-41-42(44(51)33-43(41)50)32-31-38(48)27-23-6-4-2/h9-10,12-13,15-16,18-19,31-32,38-43,47-50H,3-8,11,14,17,20-30,33-37H2,1-2H3,(H,54,55)/b10-9-,13-12-,16-15-,19-18-,32-31+/t38-,39-,40+,41+,42+,43-/m0/s1. The fourth-order valence-corrected chi connectivity index (χ4v) is 7.33. The van der Waals surface area contributed by atoms with E-state index in [-0.39, 0.29) is 31.0 Å². The normalized spacial score (nSPS) is 19.9. The van der Waals surface area contributed by atoms with E-state index in [1.54, 1.807) is 12.2 Å². The summed E-state index contributed by atoms with van der Waals surface area (Å²) in [6.45, 7) is 1.90. The summed E-state index contributed by atoms with van der Waals surface area (Å²) in [5.74, 6) is -1.82. The molecule has 0 amide bonds. The Morgan fingerprint density at radius 1 is 0.750 bits per heavy atom. The lowest BCUT2D eigenvalue weighted by atomic mass is 9.88. The Bertz CT molecular complexity index is 1340. The Labute approximate surface area is 359 Å². The van der Waals surface area contributed by atoms with Crippen LogP contribution in [-0.4, -0.2) is 93.9 Å². The van der Waals surface area contributed by atoms with Gasteiger partial charge in [-0.15, -0.1) is 0 Å². The number of Topliss-reactive ketones (excluding diaryl/α,β-unsaturated/α-hetero) is 1. The van der Waals surface area contributed by atoms with Gasteiger partial charge in [0.25, 0.3) is 0 Å². The number of aliphatic hydroxyl groups excluding tert-OH is 4. The number of carbonyl (C=O) groups excluding carboxylic acids is 3. The first kappa shape index (κ1) is 55.3. The highest BCUT2D eigenvalue weighted by Crippen LogP contribution is 2.43. The molecule has 0 heterocycles. The number of phosphoric ester groups is 1. The van der Waals surface area contributed by atoms with E-state index in [9.17, 15) is 39.2 Å². The topological polar surface area (TPSA) is 206 Å². The van der Waals surface area contributed by atoms with E-state index < -0.39 is 76.5 Å². The summed E-state index contributed by atoms with van der Waals surface area (Å²) in [5.41, 5.74) is 0. The largest absolute Gasteiger partial charge is 0.472 e. The summed E-state index contributed by atoms with van der Waals surface area (Å²) in [6, 6.07) is 0. The molecule has 14 heteroatoms. The molecule has 1 saturated carbocycles. The third-order valence-electron chi connectivity index (χ3n) is 10.1. The van der Waals surface area contributed by atoms with Crippen LogP contribution in [0.2, 0.25) is 0 Å². The highest BCUT2D eigenvalue weighted by molar-refractivity contribution is 7.47. The third-order valence-corrected chi connectivity index (χ3v) is 11.0. The fraction of sp³-hybridized carbons (Fsp3) is 0.717. The lowest BCUT2D eigenvalue weighted by Crippen LogP contribution is -2.29. The van der Waals surface area contributed by atoms with E-state index in [1.807, 2.05) is 12.2 Å².